The van der Waals surface area contributed by atoms with E-state index in [1.807, 2.05) is 0 Å². The van der Waals surface area contributed by atoms with Crippen molar-refractivity contribution in [3.05, 3.63) is 39.4 Å². The number of halogens is 1. The summed E-state index contributed by atoms with van der Waals surface area (Å²) in [5, 5.41) is 10.8. The number of methoxy groups -OCH3 is 1. The number of hydrogen-bond donors (Lipinski definition) is 0. The molecule has 0 aliphatic rings. The number of carbonyl (C=O) groups is 1. The van der Waals surface area contributed by atoms with E-state index in [1.165, 1.54) is 17.0 Å². The maximum absolute atomic E-state index is 12.4. The molecule has 0 aliphatic heterocycles. The Morgan fingerprint density at radius 1 is 1.40 bits per heavy atom. The standard InChI is InChI=1S/C13H17ClN2O4/c1-10-7-11(9-12(8-10)16(18)19)13(17)15(4-3-14)5-6-20-2/h7-9H,3-6H2,1-2H3. The molecule has 0 bridgehead atoms. The van der Waals surface area contributed by atoms with Crippen LogP contribution in [-0.2, 0) is 4.74 Å². The molecule has 0 saturated heterocycles. The molecule has 7 heteroatoms. The molecule has 0 aromatic heterocycles. The van der Waals surface area contributed by atoms with Crippen LogP contribution in [0, 0.1) is 17.0 Å². The Kier molecular flexibility index (Phi) is 6.41. The van der Waals surface area contributed by atoms with Crippen molar-refractivity contribution in [3.8, 4) is 0 Å². The fraction of sp³-hybridized carbons (Fsp3) is 0.462. The third kappa shape index (κ3) is 4.47. The number of nitro benzene ring substituents is 1. The van der Waals surface area contributed by atoms with Crippen LogP contribution < -0.4 is 0 Å². The molecule has 0 atom stereocenters. The summed E-state index contributed by atoms with van der Waals surface area (Å²) < 4.78 is 4.95. The number of rotatable bonds is 7. The first-order valence-corrected chi connectivity index (χ1v) is 6.63. The van der Waals surface area contributed by atoms with Gasteiger partial charge in [-0.1, -0.05) is 0 Å². The van der Waals surface area contributed by atoms with Crippen LogP contribution in [0.3, 0.4) is 0 Å². The molecule has 0 aliphatic carbocycles. The lowest BCUT2D eigenvalue weighted by Crippen LogP contribution is -2.35. The van der Waals surface area contributed by atoms with E-state index < -0.39 is 4.92 Å². The second-order valence-corrected chi connectivity index (χ2v) is 4.67. The Morgan fingerprint density at radius 3 is 2.65 bits per heavy atom. The minimum Gasteiger partial charge on any atom is -0.383 e. The number of carbonyl (C=O) groups excluding carboxylic acids is 1. The lowest BCUT2D eigenvalue weighted by Gasteiger charge is -2.21. The number of nitrogens with zero attached hydrogens (tertiary/aromatic N) is 2. The van der Waals surface area contributed by atoms with Gasteiger partial charge in [-0.25, -0.2) is 0 Å². The number of ether oxygens (including phenoxy) is 1. The van der Waals surface area contributed by atoms with Gasteiger partial charge in [-0.05, 0) is 18.6 Å². The normalized spacial score (nSPS) is 10.3. The molecule has 20 heavy (non-hydrogen) atoms. The molecule has 1 rings (SSSR count). The highest BCUT2D eigenvalue weighted by Crippen LogP contribution is 2.18. The number of non-ortho nitro benzene ring substituents is 1. The molecule has 110 valence electrons. The van der Waals surface area contributed by atoms with Crippen LogP contribution in [0.5, 0.6) is 0 Å². The minimum absolute atomic E-state index is 0.0917. The average molecular weight is 301 g/mol. The van der Waals surface area contributed by atoms with E-state index in [-0.39, 0.29) is 17.2 Å². The van der Waals surface area contributed by atoms with E-state index in [0.717, 1.165) is 0 Å². The summed E-state index contributed by atoms with van der Waals surface area (Å²) in [4.78, 5) is 24.2. The Labute approximate surface area is 122 Å². The summed E-state index contributed by atoms with van der Waals surface area (Å²) in [6, 6.07) is 4.34. The van der Waals surface area contributed by atoms with E-state index in [4.69, 9.17) is 16.3 Å². The Morgan fingerprint density at radius 2 is 2.10 bits per heavy atom. The highest BCUT2D eigenvalue weighted by atomic mass is 35.5. The Bertz CT molecular complexity index is 493. The topological polar surface area (TPSA) is 72.7 Å². The Hall–Kier alpha value is -1.66. The van der Waals surface area contributed by atoms with Gasteiger partial charge < -0.3 is 9.64 Å². The van der Waals surface area contributed by atoms with Crippen molar-refractivity contribution in [1.82, 2.24) is 4.90 Å². The highest BCUT2D eigenvalue weighted by molar-refractivity contribution is 6.18. The van der Waals surface area contributed by atoms with Gasteiger partial charge in [0.05, 0.1) is 11.5 Å². The van der Waals surface area contributed by atoms with Crippen LogP contribution in [-0.4, -0.2) is 48.4 Å². The van der Waals surface area contributed by atoms with E-state index in [0.29, 0.717) is 31.1 Å². The zero-order valence-electron chi connectivity index (χ0n) is 11.5. The van der Waals surface area contributed by atoms with Crippen molar-refractivity contribution in [2.45, 2.75) is 6.92 Å². The molecule has 0 N–H and O–H groups in total. The van der Waals surface area contributed by atoms with Crippen molar-refractivity contribution in [2.24, 2.45) is 0 Å². The molecule has 0 radical (unpaired) electrons. The van der Waals surface area contributed by atoms with Crippen LogP contribution in [0.15, 0.2) is 18.2 Å². The quantitative estimate of drug-likeness (QED) is 0.440. The fourth-order valence-electron chi connectivity index (χ4n) is 1.79. The van der Waals surface area contributed by atoms with Crippen molar-refractivity contribution in [2.75, 3.05) is 32.7 Å². The van der Waals surface area contributed by atoms with Crippen LogP contribution in [0.2, 0.25) is 0 Å². The van der Waals surface area contributed by atoms with Crippen LogP contribution in [0.1, 0.15) is 15.9 Å². The van der Waals surface area contributed by atoms with Gasteiger partial charge in [-0.2, -0.15) is 0 Å². The summed E-state index contributed by atoms with van der Waals surface area (Å²) in [7, 11) is 1.54. The molecule has 1 amide bonds. The summed E-state index contributed by atoms with van der Waals surface area (Å²) in [5.74, 6) is 0.0121. The first kappa shape index (κ1) is 16.4. The fourth-order valence-corrected chi connectivity index (χ4v) is 2.00. The van der Waals surface area contributed by atoms with E-state index in [2.05, 4.69) is 0 Å². The van der Waals surface area contributed by atoms with Gasteiger partial charge in [0.15, 0.2) is 0 Å². The zero-order valence-corrected chi connectivity index (χ0v) is 12.2. The molecule has 0 fully saturated rings. The monoisotopic (exact) mass is 300 g/mol. The van der Waals surface area contributed by atoms with Gasteiger partial charge >= 0.3 is 0 Å². The van der Waals surface area contributed by atoms with E-state index >= 15 is 0 Å². The average Bonchev–Trinajstić information content (AvgIpc) is 2.42. The van der Waals surface area contributed by atoms with Gasteiger partial charge in [0, 0.05) is 43.8 Å². The molecule has 1 aromatic rings. The summed E-state index contributed by atoms with van der Waals surface area (Å²) in [6.07, 6.45) is 0. The first-order chi connectivity index (χ1) is 9.49. The van der Waals surface area contributed by atoms with Gasteiger partial charge in [0.25, 0.3) is 11.6 Å². The zero-order chi connectivity index (χ0) is 15.1. The highest BCUT2D eigenvalue weighted by Gasteiger charge is 2.18. The van der Waals surface area contributed by atoms with Crippen LogP contribution in [0.25, 0.3) is 0 Å². The number of hydrogen-bond acceptors (Lipinski definition) is 4. The van der Waals surface area contributed by atoms with Crippen LogP contribution in [0.4, 0.5) is 5.69 Å². The molecule has 0 saturated carbocycles. The molecule has 0 spiro atoms. The largest absolute Gasteiger partial charge is 0.383 e. The maximum atomic E-state index is 12.4. The number of benzene rings is 1. The first-order valence-electron chi connectivity index (χ1n) is 6.10. The predicted octanol–water partition coefficient (Wildman–Crippen LogP) is 2.23. The summed E-state index contributed by atoms with van der Waals surface area (Å²) >= 11 is 5.68. The number of aryl methyl sites for hydroxylation is 1. The maximum Gasteiger partial charge on any atom is 0.270 e. The van der Waals surface area contributed by atoms with Crippen molar-refractivity contribution in [3.63, 3.8) is 0 Å². The van der Waals surface area contributed by atoms with Crippen molar-refractivity contribution >= 4 is 23.2 Å². The second-order valence-electron chi connectivity index (χ2n) is 4.29. The molecule has 6 nitrogen and oxygen atoms in total. The van der Waals surface area contributed by atoms with Gasteiger partial charge in [-0.3, -0.25) is 14.9 Å². The van der Waals surface area contributed by atoms with Gasteiger partial charge in [-0.15, -0.1) is 11.6 Å². The van der Waals surface area contributed by atoms with Crippen LogP contribution >= 0.6 is 11.6 Å². The predicted molar refractivity (Wildman–Crippen MR) is 76.3 cm³/mol. The lowest BCUT2D eigenvalue weighted by atomic mass is 10.1. The third-order valence-corrected chi connectivity index (χ3v) is 2.90. The molecule has 0 unspecified atom stereocenters. The van der Waals surface area contributed by atoms with Crippen molar-refractivity contribution in [1.29, 1.82) is 0 Å². The number of alkyl halides is 1. The van der Waals surface area contributed by atoms with Crippen molar-refractivity contribution < 1.29 is 14.5 Å². The summed E-state index contributed by atoms with van der Waals surface area (Å²) in [6.45, 7) is 2.86. The second kappa shape index (κ2) is 7.81. The minimum atomic E-state index is -0.509. The molecular weight excluding hydrogens is 284 g/mol. The van der Waals surface area contributed by atoms with Gasteiger partial charge in [0.2, 0.25) is 0 Å². The molecule has 0 heterocycles. The summed E-state index contributed by atoms with van der Waals surface area (Å²) in [5.41, 5.74) is 0.865. The lowest BCUT2D eigenvalue weighted by molar-refractivity contribution is -0.384. The van der Waals surface area contributed by atoms with Gasteiger partial charge in [0.1, 0.15) is 0 Å². The molecule has 1 aromatic carbocycles. The SMILES string of the molecule is COCCN(CCCl)C(=O)c1cc(C)cc([N+](=O)[O-])c1. The number of amides is 1. The molecular formula is C13H17ClN2O4. The Balaban J connectivity index is 3.01. The third-order valence-electron chi connectivity index (χ3n) is 2.73. The number of nitro groups is 1. The smallest absolute Gasteiger partial charge is 0.270 e. The van der Waals surface area contributed by atoms with E-state index in [1.54, 1.807) is 20.1 Å². The van der Waals surface area contributed by atoms with E-state index in [9.17, 15) is 14.9 Å².